The molecule has 2 aromatic rings. The third-order valence-corrected chi connectivity index (χ3v) is 5.06. The SMILES string of the molecule is Cc1ccc(CNC(=O)C(=O)NC[C@H]2OCCN2C(=O)c2cccs2)cc1. The molecule has 3 amide bonds. The molecule has 1 atom stereocenters. The molecule has 0 spiro atoms. The lowest BCUT2D eigenvalue weighted by atomic mass is 10.1. The Hall–Kier alpha value is -2.71. The first-order chi connectivity index (χ1) is 13.0. The first kappa shape index (κ1) is 19.1. The molecule has 1 aromatic heterocycles. The van der Waals surface area contributed by atoms with Crippen molar-refractivity contribution in [1.82, 2.24) is 15.5 Å². The summed E-state index contributed by atoms with van der Waals surface area (Å²) in [6.45, 7) is 3.17. The van der Waals surface area contributed by atoms with E-state index in [1.54, 1.807) is 11.0 Å². The van der Waals surface area contributed by atoms with E-state index in [9.17, 15) is 14.4 Å². The monoisotopic (exact) mass is 387 g/mol. The van der Waals surface area contributed by atoms with Crippen molar-refractivity contribution in [1.29, 1.82) is 0 Å². The molecule has 1 aromatic carbocycles. The molecule has 3 rings (SSSR count). The van der Waals surface area contributed by atoms with Crippen molar-refractivity contribution < 1.29 is 19.1 Å². The third-order valence-electron chi connectivity index (χ3n) is 4.20. The van der Waals surface area contributed by atoms with Gasteiger partial charge in [0.2, 0.25) is 0 Å². The van der Waals surface area contributed by atoms with Crippen LogP contribution in [0.1, 0.15) is 20.8 Å². The fourth-order valence-corrected chi connectivity index (χ4v) is 3.37. The molecule has 2 N–H and O–H groups in total. The summed E-state index contributed by atoms with van der Waals surface area (Å²) in [5.41, 5.74) is 2.04. The van der Waals surface area contributed by atoms with Gasteiger partial charge in [0.05, 0.1) is 18.0 Å². The van der Waals surface area contributed by atoms with E-state index in [-0.39, 0.29) is 19.0 Å². The van der Waals surface area contributed by atoms with Crippen molar-refractivity contribution in [3.8, 4) is 0 Å². The quantitative estimate of drug-likeness (QED) is 0.757. The molecule has 0 saturated carbocycles. The van der Waals surface area contributed by atoms with E-state index in [2.05, 4.69) is 10.6 Å². The fourth-order valence-electron chi connectivity index (χ4n) is 2.69. The minimum absolute atomic E-state index is 0.0634. The highest BCUT2D eigenvalue weighted by atomic mass is 32.1. The van der Waals surface area contributed by atoms with E-state index in [1.807, 2.05) is 42.6 Å². The van der Waals surface area contributed by atoms with Gasteiger partial charge in [0.1, 0.15) is 6.23 Å². The molecule has 8 heteroatoms. The lowest BCUT2D eigenvalue weighted by molar-refractivity contribution is -0.139. The van der Waals surface area contributed by atoms with Crippen molar-refractivity contribution in [3.63, 3.8) is 0 Å². The highest BCUT2D eigenvalue weighted by Gasteiger charge is 2.31. The Morgan fingerprint density at radius 2 is 1.89 bits per heavy atom. The summed E-state index contributed by atoms with van der Waals surface area (Å²) in [7, 11) is 0. The molecule has 0 aliphatic carbocycles. The van der Waals surface area contributed by atoms with Crippen LogP contribution < -0.4 is 10.6 Å². The molecule has 1 aliphatic heterocycles. The minimum atomic E-state index is -0.749. The second-order valence-corrected chi connectivity index (χ2v) is 7.13. The van der Waals surface area contributed by atoms with Gasteiger partial charge < -0.3 is 20.3 Å². The Morgan fingerprint density at radius 3 is 2.59 bits per heavy atom. The second kappa shape index (κ2) is 8.79. The molecule has 0 unspecified atom stereocenters. The summed E-state index contributed by atoms with van der Waals surface area (Å²) >= 11 is 1.36. The Balaban J connectivity index is 1.46. The van der Waals surface area contributed by atoms with Crippen LogP contribution in [0, 0.1) is 6.92 Å². The summed E-state index contributed by atoms with van der Waals surface area (Å²) in [5, 5.41) is 6.95. The van der Waals surface area contributed by atoms with Gasteiger partial charge in [-0.1, -0.05) is 35.9 Å². The molecular formula is C19H21N3O4S. The van der Waals surface area contributed by atoms with Gasteiger partial charge >= 0.3 is 11.8 Å². The summed E-state index contributed by atoms with van der Waals surface area (Å²) in [5.74, 6) is -1.60. The zero-order chi connectivity index (χ0) is 19.2. The number of benzene rings is 1. The first-order valence-electron chi connectivity index (χ1n) is 8.62. The van der Waals surface area contributed by atoms with Crippen LogP contribution in [0.2, 0.25) is 0 Å². The predicted molar refractivity (Wildman–Crippen MR) is 101 cm³/mol. The first-order valence-corrected chi connectivity index (χ1v) is 9.50. The highest BCUT2D eigenvalue weighted by molar-refractivity contribution is 7.12. The molecule has 0 bridgehead atoms. The van der Waals surface area contributed by atoms with Crippen molar-refractivity contribution in [2.45, 2.75) is 19.7 Å². The molecule has 1 saturated heterocycles. The lowest BCUT2D eigenvalue weighted by Crippen LogP contribution is -2.47. The van der Waals surface area contributed by atoms with Crippen LogP contribution in [0.4, 0.5) is 0 Å². The van der Waals surface area contributed by atoms with Crippen molar-refractivity contribution in [2.24, 2.45) is 0 Å². The molecule has 0 radical (unpaired) electrons. The van der Waals surface area contributed by atoms with E-state index >= 15 is 0 Å². The number of rotatable bonds is 5. The van der Waals surface area contributed by atoms with Gasteiger partial charge in [-0.05, 0) is 23.9 Å². The van der Waals surface area contributed by atoms with Crippen LogP contribution in [0.15, 0.2) is 41.8 Å². The maximum Gasteiger partial charge on any atom is 0.309 e. The molecule has 2 heterocycles. The van der Waals surface area contributed by atoms with E-state index in [4.69, 9.17) is 4.74 Å². The van der Waals surface area contributed by atoms with Crippen molar-refractivity contribution in [3.05, 3.63) is 57.8 Å². The maximum atomic E-state index is 12.4. The average Bonchev–Trinajstić information content (AvgIpc) is 3.36. The van der Waals surface area contributed by atoms with Crippen LogP contribution in [-0.2, 0) is 20.9 Å². The third kappa shape index (κ3) is 4.93. The Kier molecular flexibility index (Phi) is 6.20. The van der Waals surface area contributed by atoms with E-state index in [1.165, 1.54) is 11.3 Å². The Labute approximate surface area is 161 Å². The average molecular weight is 387 g/mol. The molecule has 1 aliphatic rings. The fraction of sp³-hybridized carbons (Fsp3) is 0.316. The number of carbonyl (C=O) groups excluding carboxylic acids is 3. The maximum absolute atomic E-state index is 12.4. The van der Waals surface area contributed by atoms with E-state index in [0.717, 1.165) is 11.1 Å². The van der Waals surface area contributed by atoms with Crippen LogP contribution >= 0.6 is 11.3 Å². The number of aryl methyl sites for hydroxylation is 1. The van der Waals surface area contributed by atoms with Gasteiger partial charge in [0, 0.05) is 13.1 Å². The normalized spacial score (nSPS) is 16.2. The second-order valence-electron chi connectivity index (χ2n) is 6.18. The van der Waals surface area contributed by atoms with E-state index in [0.29, 0.717) is 18.0 Å². The number of thiophene rings is 1. The highest BCUT2D eigenvalue weighted by Crippen LogP contribution is 2.17. The number of nitrogens with zero attached hydrogens (tertiary/aromatic N) is 1. The predicted octanol–water partition coefficient (Wildman–Crippen LogP) is 1.29. The summed E-state index contributed by atoms with van der Waals surface area (Å²) in [6.07, 6.45) is -0.576. The molecule has 27 heavy (non-hydrogen) atoms. The standard InChI is InChI=1S/C19H21N3O4S/c1-13-4-6-14(7-5-13)11-20-17(23)18(24)21-12-16-22(8-9-26-16)19(25)15-3-2-10-27-15/h2-7,10,16H,8-9,11-12H2,1H3,(H,20,23)(H,21,24)/t16-/m1/s1. The summed E-state index contributed by atoms with van der Waals surface area (Å²) in [6, 6.07) is 11.2. The number of ether oxygens (including phenoxy) is 1. The summed E-state index contributed by atoms with van der Waals surface area (Å²) in [4.78, 5) is 38.6. The van der Waals surface area contributed by atoms with Crippen LogP contribution in [-0.4, -0.2) is 48.5 Å². The number of carbonyl (C=O) groups is 3. The lowest BCUT2D eigenvalue weighted by Gasteiger charge is -2.22. The zero-order valence-corrected chi connectivity index (χ0v) is 15.8. The smallest absolute Gasteiger partial charge is 0.309 e. The van der Waals surface area contributed by atoms with Gasteiger partial charge in [-0.2, -0.15) is 0 Å². The largest absolute Gasteiger partial charge is 0.355 e. The summed E-state index contributed by atoms with van der Waals surface area (Å²) < 4.78 is 5.52. The minimum Gasteiger partial charge on any atom is -0.355 e. The van der Waals surface area contributed by atoms with Crippen LogP contribution in [0.5, 0.6) is 0 Å². The van der Waals surface area contributed by atoms with E-state index < -0.39 is 18.0 Å². The van der Waals surface area contributed by atoms with Gasteiger partial charge in [-0.25, -0.2) is 0 Å². The topological polar surface area (TPSA) is 87.7 Å². The number of nitrogens with one attached hydrogen (secondary N) is 2. The van der Waals surface area contributed by atoms with Gasteiger partial charge in [0.25, 0.3) is 5.91 Å². The Bertz CT molecular complexity index is 805. The number of hydrogen-bond donors (Lipinski definition) is 2. The zero-order valence-electron chi connectivity index (χ0n) is 14.9. The van der Waals surface area contributed by atoms with Gasteiger partial charge in [-0.15, -0.1) is 11.3 Å². The number of amides is 3. The van der Waals surface area contributed by atoms with Crippen LogP contribution in [0.25, 0.3) is 0 Å². The van der Waals surface area contributed by atoms with Crippen molar-refractivity contribution in [2.75, 3.05) is 19.7 Å². The molecule has 1 fully saturated rings. The molecule has 7 nitrogen and oxygen atoms in total. The Morgan fingerprint density at radius 1 is 1.15 bits per heavy atom. The van der Waals surface area contributed by atoms with Crippen molar-refractivity contribution >= 4 is 29.1 Å². The van der Waals surface area contributed by atoms with Gasteiger partial charge in [0.15, 0.2) is 0 Å². The number of hydrogen-bond acceptors (Lipinski definition) is 5. The van der Waals surface area contributed by atoms with Crippen LogP contribution in [0.3, 0.4) is 0 Å². The molecular weight excluding hydrogens is 366 g/mol. The molecule has 142 valence electrons. The van der Waals surface area contributed by atoms with Gasteiger partial charge in [-0.3, -0.25) is 14.4 Å².